The number of halogens is 1. The number of amides is 2. The normalized spacial score (nSPS) is 10.9. The number of anilines is 1. The van der Waals surface area contributed by atoms with Crippen LogP contribution in [-0.2, 0) is 22.6 Å². The Kier molecular flexibility index (Phi) is 8.47. The summed E-state index contributed by atoms with van der Waals surface area (Å²) >= 11 is 0. The van der Waals surface area contributed by atoms with Gasteiger partial charge in [-0.3, -0.25) is 19.0 Å². The average molecular weight is 517 g/mol. The molecule has 0 aliphatic heterocycles. The van der Waals surface area contributed by atoms with Gasteiger partial charge >= 0.3 is 5.69 Å². The van der Waals surface area contributed by atoms with Crippen LogP contribution in [0.3, 0.4) is 0 Å². The summed E-state index contributed by atoms with van der Waals surface area (Å²) in [7, 11) is 0. The molecule has 4 aromatic rings. The molecule has 1 aromatic heterocycles. The number of carbonyl (C=O) groups excluding carboxylic acids is 2. The molecule has 0 aliphatic rings. The molecule has 1 heterocycles. The Bertz CT molecular complexity index is 1560. The van der Waals surface area contributed by atoms with Gasteiger partial charge in [-0.15, -0.1) is 0 Å². The predicted octanol–water partition coefficient (Wildman–Crippen LogP) is 3.78. The molecule has 0 bridgehead atoms. The van der Waals surface area contributed by atoms with Gasteiger partial charge in [0.25, 0.3) is 5.56 Å². The molecule has 38 heavy (non-hydrogen) atoms. The van der Waals surface area contributed by atoms with Crippen molar-refractivity contribution in [1.82, 2.24) is 14.5 Å². The Balaban J connectivity index is 1.61. The van der Waals surface area contributed by atoms with Crippen LogP contribution in [0, 0.1) is 5.82 Å². The van der Waals surface area contributed by atoms with Crippen LogP contribution in [0.1, 0.15) is 31.7 Å². The number of fused-ring (bicyclic) bond motifs is 1. The van der Waals surface area contributed by atoms with Crippen molar-refractivity contribution in [2.75, 3.05) is 11.9 Å². The maximum absolute atomic E-state index is 13.5. The molecule has 196 valence electrons. The molecule has 0 spiro atoms. The van der Waals surface area contributed by atoms with E-state index in [0.717, 1.165) is 29.4 Å². The molecule has 9 heteroatoms. The smallest absolute Gasteiger partial charge is 0.336 e. The quantitative estimate of drug-likeness (QED) is 0.313. The zero-order valence-corrected chi connectivity index (χ0v) is 21.1. The van der Waals surface area contributed by atoms with Gasteiger partial charge in [-0.2, -0.15) is 0 Å². The van der Waals surface area contributed by atoms with E-state index in [1.54, 1.807) is 48.5 Å². The summed E-state index contributed by atoms with van der Waals surface area (Å²) < 4.78 is 15.4. The second-order valence-corrected chi connectivity index (χ2v) is 8.98. The first-order valence-corrected chi connectivity index (χ1v) is 12.5. The number of hydrogen-bond donors (Lipinski definition) is 2. The van der Waals surface area contributed by atoms with E-state index >= 15 is 0 Å². The fourth-order valence-electron chi connectivity index (χ4n) is 4.19. The maximum Gasteiger partial charge on any atom is 0.336 e. The number of rotatable bonds is 10. The lowest BCUT2D eigenvalue weighted by Gasteiger charge is -2.14. The lowest BCUT2D eigenvalue weighted by molar-refractivity contribution is -0.120. The van der Waals surface area contributed by atoms with Crippen LogP contribution in [0.5, 0.6) is 0 Å². The number of aromatic nitrogens is 2. The summed E-state index contributed by atoms with van der Waals surface area (Å²) in [6.07, 6.45) is 3.25. The van der Waals surface area contributed by atoms with Crippen LogP contribution in [-0.4, -0.2) is 27.5 Å². The first-order chi connectivity index (χ1) is 18.4. The van der Waals surface area contributed by atoms with E-state index in [9.17, 15) is 23.6 Å². The molecule has 8 nitrogen and oxygen atoms in total. The third-order valence-electron chi connectivity index (χ3n) is 6.14. The number of nitrogens with one attached hydrogen (secondary N) is 2. The van der Waals surface area contributed by atoms with Gasteiger partial charge in [0.05, 0.1) is 23.0 Å². The Morgan fingerprint density at radius 3 is 2.29 bits per heavy atom. The van der Waals surface area contributed by atoms with E-state index < -0.39 is 23.0 Å². The summed E-state index contributed by atoms with van der Waals surface area (Å²) in [5, 5.41) is 5.81. The van der Waals surface area contributed by atoms with Crippen LogP contribution in [0.25, 0.3) is 16.6 Å². The van der Waals surface area contributed by atoms with E-state index in [4.69, 9.17) is 0 Å². The lowest BCUT2D eigenvalue weighted by Crippen LogP contribution is -2.40. The number of nitrogens with zero attached hydrogens (tertiary/aromatic N) is 2. The van der Waals surface area contributed by atoms with Crippen molar-refractivity contribution >= 4 is 28.4 Å². The highest BCUT2D eigenvalue weighted by molar-refractivity contribution is 5.91. The lowest BCUT2D eigenvalue weighted by atomic mass is 10.1. The molecule has 0 radical (unpaired) electrons. The molecular formula is C29H29FN4O4. The second kappa shape index (κ2) is 12.1. The monoisotopic (exact) mass is 516 g/mol. The highest BCUT2D eigenvalue weighted by Gasteiger charge is 2.17. The molecule has 3 aromatic carbocycles. The van der Waals surface area contributed by atoms with E-state index in [2.05, 4.69) is 17.6 Å². The Morgan fingerprint density at radius 1 is 0.868 bits per heavy atom. The van der Waals surface area contributed by atoms with Crippen molar-refractivity contribution in [2.24, 2.45) is 0 Å². The Morgan fingerprint density at radius 2 is 1.58 bits per heavy atom. The Labute approximate surface area is 218 Å². The van der Waals surface area contributed by atoms with Gasteiger partial charge < -0.3 is 10.6 Å². The van der Waals surface area contributed by atoms with Crippen molar-refractivity contribution in [3.63, 3.8) is 0 Å². The summed E-state index contributed by atoms with van der Waals surface area (Å²) in [5.74, 6) is -1.03. The molecular weight excluding hydrogens is 487 g/mol. The Hall–Kier alpha value is -4.53. The van der Waals surface area contributed by atoms with Gasteiger partial charge in [0.1, 0.15) is 12.4 Å². The molecule has 0 unspecified atom stereocenters. The van der Waals surface area contributed by atoms with Crippen molar-refractivity contribution in [3.8, 4) is 5.69 Å². The van der Waals surface area contributed by atoms with Gasteiger partial charge in [0, 0.05) is 12.2 Å². The molecule has 0 saturated carbocycles. The maximum atomic E-state index is 13.5. The van der Waals surface area contributed by atoms with Crippen LogP contribution >= 0.6 is 0 Å². The summed E-state index contributed by atoms with van der Waals surface area (Å²) in [5.41, 5.74) is 0.586. The first-order valence-electron chi connectivity index (χ1n) is 12.5. The van der Waals surface area contributed by atoms with E-state index in [1.807, 2.05) is 0 Å². The largest absolute Gasteiger partial charge is 0.356 e. The van der Waals surface area contributed by atoms with Crippen molar-refractivity contribution in [2.45, 2.75) is 39.2 Å². The molecule has 0 aliphatic carbocycles. The third kappa shape index (κ3) is 6.23. The van der Waals surface area contributed by atoms with Crippen molar-refractivity contribution in [1.29, 1.82) is 0 Å². The number of para-hydroxylation sites is 1. The van der Waals surface area contributed by atoms with Gasteiger partial charge in [-0.05, 0) is 60.5 Å². The van der Waals surface area contributed by atoms with Crippen molar-refractivity contribution < 1.29 is 14.0 Å². The topological polar surface area (TPSA) is 102 Å². The zero-order chi connectivity index (χ0) is 27.1. The van der Waals surface area contributed by atoms with Crippen LogP contribution < -0.4 is 21.9 Å². The summed E-state index contributed by atoms with van der Waals surface area (Å²) in [6.45, 7) is 2.38. The minimum Gasteiger partial charge on any atom is -0.356 e. The van der Waals surface area contributed by atoms with Crippen LogP contribution in [0.2, 0.25) is 0 Å². The fourth-order valence-corrected chi connectivity index (χ4v) is 4.19. The van der Waals surface area contributed by atoms with Crippen molar-refractivity contribution in [3.05, 3.63) is 105 Å². The molecule has 0 fully saturated rings. The minimum absolute atomic E-state index is 0.0914. The molecule has 4 rings (SSSR count). The SMILES string of the molecule is CCCCCNC(=O)Cc1ccc(-n2c(=O)c3ccccc3n(CC(=O)Nc3ccc(F)cc3)c2=O)cc1. The third-order valence-corrected chi connectivity index (χ3v) is 6.14. The average Bonchev–Trinajstić information content (AvgIpc) is 2.91. The van der Waals surface area contributed by atoms with Gasteiger partial charge in [0.2, 0.25) is 11.8 Å². The number of carbonyl (C=O) groups is 2. The number of hydrogen-bond acceptors (Lipinski definition) is 4. The van der Waals surface area contributed by atoms with E-state index in [1.165, 1.54) is 28.8 Å². The first kappa shape index (κ1) is 26.5. The number of unbranched alkanes of at least 4 members (excludes halogenated alkanes) is 2. The molecule has 2 N–H and O–H groups in total. The highest BCUT2D eigenvalue weighted by Crippen LogP contribution is 2.13. The van der Waals surface area contributed by atoms with Crippen LogP contribution in [0.4, 0.5) is 10.1 Å². The fraction of sp³-hybridized carbons (Fsp3) is 0.241. The molecule has 2 amide bonds. The molecule has 0 atom stereocenters. The summed E-state index contributed by atoms with van der Waals surface area (Å²) in [4.78, 5) is 51.8. The number of benzene rings is 3. The van der Waals surface area contributed by atoms with E-state index in [-0.39, 0.29) is 24.3 Å². The standard InChI is InChI=1S/C29H29FN4O4/c1-2-3-6-17-31-26(35)18-20-9-15-23(16-10-20)34-28(37)24-7-4-5-8-25(24)33(29(34)38)19-27(36)32-22-13-11-21(30)12-14-22/h4-5,7-16H,2-3,6,17-19H2,1H3,(H,31,35)(H,32,36). The molecule has 0 saturated heterocycles. The van der Waals surface area contributed by atoms with Gasteiger partial charge in [-0.1, -0.05) is 44.0 Å². The van der Waals surface area contributed by atoms with E-state index in [0.29, 0.717) is 23.4 Å². The van der Waals surface area contributed by atoms with Gasteiger partial charge in [0.15, 0.2) is 0 Å². The van der Waals surface area contributed by atoms with Gasteiger partial charge in [-0.25, -0.2) is 13.8 Å². The van der Waals surface area contributed by atoms with Crippen LogP contribution in [0.15, 0.2) is 82.4 Å². The predicted molar refractivity (Wildman–Crippen MR) is 145 cm³/mol. The second-order valence-electron chi connectivity index (χ2n) is 8.98. The summed E-state index contributed by atoms with van der Waals surface area (Å²) in [6, 6.07) is 18.5. The minimum atomic E-state index is -0.677. The highest BCUT2D eigenvalue weighted by atomic mass is 19.1. The zero-order valence-electron chi connectivity index (χ0n) is 21.1.